The van der Waals surface area contributed by atoms with Crippen molar-refractivity contribution in [2.45, 2.75) is 57.7 Å². The van der Waals surface area contributed by atoms with E-state index in [4.69, 9.17) is 0 Å². The summed E-state index contributed by atoms with van der Waals surface area (Å²) in [6.07, 6.45) is 3.22. The lowest BCUT2D eigenvalue weighted by Gasteiger charge is -2.33. The minimum atomic E-state index is 0.0593. The maximum atomic E-state index is 12.5. The van der Waals surface area contributed by atoms with Crippen LogP contribution in [-0.2, 0) is 15.0 Å². The fourth-order valence-corrected chi connectivity index (χ4v) is 4.90. The molecule has 27 heavy (non-hydrogen) atoms. The van der Waals surface area contributed by atoms with E-state index in [1.165, 1.54) is 17.5 Å². The van der Waals surface area contributed by atoms with Gasteiger partial charge >= 0.3 is 0 Å². The van der Waals surface area contributed by atoms with Crippen molar-refractivity contribution in [2.24, 2.45) is 5.92 Å². The Morgan fingerprint density at radius 3 is 2.41 bits per heavy atom. The third-order valence-corrected chi connectivity index (χ3v) is 7.04. The van der Waals surface area contributed by atoms with Gasteiger partial charge in [0, 0.05) is 25.6 Å². The van der Waals surface area contributed by atoms with E-state index in [-0.39, 0.29) is 28.5 Å². The van der Waals surface area contributed by atoms with Crippen LogP contribution in [-0.4, -0.2) is 47.0 Å². The van der Waals surface area contributed by atoms with E-state index in [2.05, 4.69) is 45.0 Å². The predicted octanol–water partition coefficient (Wildman–Crippen LogP) is 4.21. The number of nitrogens with zero attached hydrogens (tertiary/aromatic N) is 2. The van der Waals surface area contributed by atoms with Gasteiger partial charge in [0.05, 0.1) is 5.75 Å². The second kappa shape index (κ2) is 8.26. The summed E-state index contributed by atoms with van der Waals surface area (Å²) in [6.45, 7) is 10.6. The van der Waals surface area contributed by atoms with Crippen LogP contribution in [0.3, 0.4) is 0 Å². The first-order valence-corrected chi connectivity index (χ1v) is 11.2. The number of benzene rings is 1. The molecule has 1 unspecified atom stereocenters. The van der Waals surface area contributed by atoms with E-state index in [0.717, 1.165) is 19.4 Å². The molecular weight excluding hydrogens is 356 g/mol. The number of amides is 2. The highest BCUT2D eigenvalue weighted by molar-refractivity contribution is 8.00. The summed E-state index contributed by atoms with van der Waals surface area (Å²) in [6, 6.07) is 8.66. The summed E-state index contributed by atoms with van der Waals surface area (Å²) in [4.78, 5) is 28.9. The van der Waals surface area contributed by atoms with Crippen LogP contribution >= 0.6 is 11.8 Å². The van der Waals surface area contributed by atoms with Gasteiger partial charge in [-0.1, -0.05) is 51.5 Å². The van der Waals surface area contributed by atoms with Crippen LogP contribution in [0.25, 0.3) is 0 Å². The smallest absolute Gasteiger partial charge is 0.233 e. The van der Waals surface area contributed by atoms with Crippen LogP contribution in [0.2, 0.25) is 0 Å². The van der Waals surface area contributed by atoms with Crippen LogP contribution in [0.4, 0.5) is 0 Å². The molecule has 1 saturated carbocycles. The van der Waals surface area contributed by atoms with Gasteiger partial charge in [0.25, 0.3) is 0 Å². The van der Waals surface area contributed by atoms with E-state index >= 15 is 0 Å². The van der Waals surface area contributed by atoms with Gasteiger partial charge in [-0.25, -0.2) is 0 Å². The molecule has 0 bridgehead atoms. The number of rotatable bonds is 6. The Labute approximate surface area is 167 Å². The Balaban J connectivity index is 1.66. The molecule has 0 N–H and O–H groups in total. The third-order valence-electron chi connectivity index (χ3n) is 5.79. The van der Waals surface area contributed by atoms with Gasteiger partial charge in [0.1, 0.15) is 5.37 Å². The first kappa shape index (κ1) is 20.2. The van der Waals surface area contributed by atoms with Crippen molar-refractivity contribution in [1.82, 2.24) is 9.80 Å². The zero-order chi connectivity index (χ0) is 19.6. The van der Waals surface area contributed by atoms with E-state index in [1.54, 1.807) is 11.8 Å². The van der Waals surface area contributed by atoms with E-state index < -0.39 is 0 Å². The topological polar surface area (TPSA) is 40.6 Å². The normalized spacial score (nSPS) is 20.7. The molecule has 4 nitrogen and oxygen atoms in total. The average molecular weight is 389 g/mol. The van der Waals surface area contributed by atoms with E-state index in [0.29, 0.717) is 18.8 Å². The Morgan fingerprint density at radius 2 is 1.89 bits per heavy atom. The van der Waals surface area contributed by atoms with Crippen LogP contribution in [0.1, 0.15) is 63.5 Å². The summed E-state index contributed by atoms with van der Waals surface area (Å²) in [5.74, 6) is 1.19. The van der Waals surface area contributed by atoms with Gasteiger partial charge < -0.3 is 9.80 Å². The zero-order valence-electron chi connectivity index (χ0n) is 17.0. The van der Waals surface area contributed by atoms with Crippen LogP contribution in [0.15, 0.2) is 24.3 Å². The van der Waals surface area contributed by atoms with Crippen molar-refractivity contribution in [3.8, 4) is 0 Å². The molecule has 2 aliphatic rings. The van der Waals surface area contributed by atoms with Gasteiger partial charge in [-0.2, -0.15) is 0 Å². The monoisotopic (exact) mass is 388 g/mol. The summed E-state index contributed by atoms with van der Waals surface area (Å²) in [5.41, 5.74) is 2.60. The van der Waals surface area contributed by atoms with Gasteiger partial charge in [-0.3, -0.25) is 9.59 Å². The number of hydrogen-bond donors (Lipinski definition) is 0. The molecule has 148 valence electrons. The van der Waals surface area contributed by atoms with Crippen molar-refractivity contribution in [1.29, 1.82) is 0 Å². The van der Waals surface area contributed by atoms with Crippen molar-refractivity contribution < 1.29 is 9.59 Å². The predicted molar refractivity (Wildman–Crippen MR) is 112 cm³/mol. The molecule has 2 fully saturated rings. The summed E-state index contributed by atoms with van der Waals surface area (Å²) in [5, 5.41) is 0.0593. The molecule has 1 heterocycles. The Hall–Kier alpha value is -1.49. The van der Waals surface area contributed by atoms with Crippen LogP contribution in [0, 0.1) is 5.92 Å². The molecule has 1 aliphatic carbocycles. The SMILES string of the molecule is CCN(CCN1C(=O)CSC1c1ccc(C(C)(C)C)cc1)C(=O)C1CCC1. The van der Waals surface area contributed by atoms with Crippen molar-refractivity contribution in [2.75, 3.05) is 25.4 Å². The maximum Gasteiger partial charge on any atom is 0.233 e. The first-order chi connectivity index (χ1) is 12.8. The molecule has 1 atom stereocenters. The molecule has 1 aromatic rings. The van der Waals surface area contributed by atoms with Crippen molar-refractivity contribution in [3.63, 3.8) is 0 Å². The minimum absolute atomic E-state index is 0.0593. The lowest BCUT2D eigenvalue weighted by Crippen LogP contribution is -2.43. The Bertz CT molecular complexity index is 677. The van der Waals surface area contributed by atoms with Crippen LogP contribution < -0.4 is 0 Å². The summed E-state index contributed by atoms with van der Waals surface area (Å²) >= 11 is 1.69. The number of likely N-dealkylation sites (N-methyl/N-ethyl adjacent to an activating group) is 1. The van der Waals surface area contributed by atoms with Gasteiger partial charge in [-0.15, -0.1) is 11.8 Å². The molecular formula is C22H32N2O2S. The number of carbonyl (C=O) groups excluding carboxylic acids is 2. The fraction of sp³-hybridized carbons (Fsp3) is 0.636. The summed E-state index contributed by atoms with van der Waals surface area (Å²) < 4.78 is 0. The number of hydrogen-bond acceptors (Lipinski definition) is 3. The Morgan fingerprint density at radius 1 is 1.22 bits per heavy atom. The zero-order valence-corrected chi connectivity index (χ0v) is 17.8. The van der Waals surface area contributed by atoms with E-state index in [9.17, 15) is 9.59 Å². The molecule has 0 aromatic heterocycles. The molecule has 1 aliphatic heterocycles. The van der Waals surface area contributed by atoms with Gasteiger partial charge in [0.2, 0.25) is 11.8 Å². The maximum absolute atomic E-state index is 12.5. The quantitative estimate of drug-likeness (QED) is 0.733. The number of thioether (sulfide) groups is 1. The molecule has 1 aromatic carbocycles. The molecule has 0 spiro atoms. The second-order valence-electron chi connectivity index (χ2n) is 8.67. The van der Waals surface area contributed by atoms with Crippen molar-refractivity contribution >= 4 is 23.6 Å². The standard InChI is InChI=1S/C22H32N2O2S/c1-5-23(20(26)16-7-6-8-16)13-14-24-19(25)15-27-21(24)17-9-11-18(12-10-17)22(2,3)4/h9-12,16,21H,5-8,13-15H2,1-4H3. The van der Waals surface area contributed by atoms with Gasteiger partial charge in [0.15, 0.2) is 0 Å². The molecule has 2 amide bonds. The van der Waals surface area contributed by atoms with Gasteiger partial charge in [-0.05, 0) is 36.3 Å². The second-order valence-corrected chi connectivity index (χ2v) is 9.74. The summed E-state index contributed by atoms with van der Waals surface area (Å²) in [7, 11) is 0. The lowest BCUT2D eigenvalue weighted by molar-refractivity contribution is -0.139. The molecule has 1 saturated heterocycles. The molecule has 3 rings (SSSR count). The highest BCUT2D eigenvalue weighted by Crippen LogP contribution is 2.39. The molecule has 5 heteroatoms. The minimum Gasteiger partial charge on any atom is -0.341 e. The Kier molecular flexibility index (Phi) is 6.19. The van der Waals surface area contributed by atoms with E-state index in [1.807, 2.05) is 16.7 Å². The first-order valence-electron chi connectivity index (χ1n) is 10.1. The highest BCUT2D eigenvalue weighted by Gasteiger charge is 2.34. The third kappa shape index (κ3) is 4.50. The largest absolute Gasteiger partial charge is 0.341 e. The molecule has 0 radical (unpaired) electrons. The van der Waals surface area contributed by atoms with Crippen LogP contribution in [0.5, 0.6) is 0 Å². The highest BCUT2D eigenvalue weighted by atomic mass is 32.2. The lowest BCUT2D eigenvalue weighted by atomic mass is 9.84. The fourth-order valence-electron chi connectivity index (χ4n) is 3.69. The van der Waals surface area contributed by atoms with Crippen molar-refractivity contribution in [3.05, 3.63) is 35.4 Å². The number of carbonyl (C=O) groups is 2. The average Bonchev–Trinajstić information content (AvgIpc) is 2.94.